The zero-order valence-corrected chi connectivity index (χ0v) is 10.6. The number of thiophene rings is 1. The molecule has 0 fully saturated rings. The van der Waals surface area contributed by atoms with Gasteiger partial charge in [0.15, 0.2) is 0 Å². The van der Waals surface area contributed by atoms with Crippen LogP contribution < -0.4 is 0 Å². The fourth-order valence-electron chi connectivity index (χ4n) is 1.94. The molecule has 0 radical (unpaired) electrons. The standard InChI is InChI=1S/C13H22OS/c1-3-5-7-11(4-2)13(14)10-12-8-6-9-15-12/h6,8-9,11,13-14H,3-5,7,10H2,1-2H3. The Morgan fingerprint density at radius 2 is 2.20 bits per heavy atom. The van der Waals surface area contributed by atoms with E-state index in [2.05, 4.69) is 31.4 Å². The zero-order valence-electron chi connectivity index (χ0n) is 9.78. The predicted molar refractivity (Wildman–Crippen MR) is 67.3 cm³/mol. The normalized spacial score (nSPS) is 15.1. The van der Waals surface area contributed by atoms with E-state index in [4.69, 9.17) is 0 Å². The van der Waals surface area contributed by atoms with Crippen LogP contribution in [0.4, 0.5) is 0 Å². The zero-order chi connectivity index (χ0) is 11.1. The number of hydrogen-bond donors (Lipinski definition) is 1. The van der Waals surface area contributed by atoms with Gasteiger partial charge in [0.2, 0.25) is 0 Å². The Balaban J connectivity index is 2.39. The van der Waals surface area contributed by atoms with E-state index in [1.54, 1.807) is 11.3 Å². The molecular weight excluding hydrogens is 204 g/mol. The molecule has 1 nitrogen and oxygen atoms in total. The molecule has 2 atom stereocenters. The first kappa shape index (κ1) is 12.7. The second-order valence-electron chi connectivity index (χ2n) is 4.16. The summed E-state index contributed by atoms with van der Waals surface area (Å²) in [5, 5.41) is 12.2. The molecule has 1 aromatic rings. The minimum atomic E-state index is -0.153. The first-order chi connectivity index (χ1) is 7.27. The number of aliphatic hydroxyl groups is 1. The van der Waals surface area contributed by atoms with Crippen LogP contribution in [0.3, 0.4) is 0 Å². The Hall–Kier alpha value is -0.340. The third kappa shape index (κ3) is 4.35. The number of unbranched alkanes of at least 4 members (excludes halogenated alkanes) is 1. The lowest BCUT2D eigenvalue weighted by Gasteiger charge is -2.20. The van der Waals surface area contributed by atoms with Crippen LogP contribution in [0.5, 0.6) is 0 Å². The monoisotopic (exact) mass is 226 g/mol. The maximum absolute atomic E-state index is 10.1. The van der Waals surface area contributed by atoms with Gasteiger partial charge in [-0.05, 0) is 23.8 Å². The average Bonchev–Trinajstić information content (AvgIpc) is 2.71. The van der Waals surface area contributed by atoms with Gasteiger partial charge in [-0.25, -0.2) is 0 Å². The minimum absolute atomic E-state index is 0.153. The smallest absolute Gasteiger partial charge is 0.0616 e. The summed E-state index contributed by atoms with van der Waals surface area (Å²) >= 11 is 1.74. The van der Waals surface area contributed by atoms with Crippen LogP contribution in [-0.2, 0) is 6.42 Å². The van der Waals surface area contributed by atoms with Crippen molar-refractivity contribution in [3.63, 3.8) is 0 Å². The van der Waals surface area contributed by atoms with Crippen LogP contribution in [-0.4, -0.2) is 11.2 Å². The van der Waals surface area contributed by atoms with Crippen LogP contribution >= 0.6 is 11.3 Å². The molecule has 1 heterocycles. The second kappa shape index (κ2) is 7.02. The van der Waals surface area contributed by atoms with E-state index in [1.165, 1.54) is 24.1 Å². The van der Waals surface area contributed by atoms with Crippen molar-refractivity contribution < 1.29 is 5.11 Å². The molecule has 0 aliphatic rings. The summed E-state index contributed by atoms with van der Waals surface area (Å²) in [4.78, 5) is 1.30. The summed E-state index contributed by atoms with van der Waals surface area (Å²) in [7, 11) is 0. The maximum atomic E-state index is 10.1. The van der Waals surface area contributed by atoms with Crippen molar-refractivity contribution in [2.45, 2.75) is 52.1 Å². The van der Waals surface area contributed by atoms with E-state index < -0.39 is 0 Å². The summed E-state index contributed by atoms with van der Waals surface area (Å²) in [6.45, 7) is 4.39. The number of rotatable bonds is 7. The summed E-state index contributed by atoms with van der Waals surface area (Å²) in [5.74, 6) is 0.479. The van der Waals surface area contributed by atoms with Crippen molar-refractivity contribution >= 4 is 11.3 Å². The highest BCUT2D eigenvalue weighted by Gasteiger charge is 2.17. The van der Waals surface area contributed by atoms with E-state index in [1.807, 2.05) is 0 Å². The SMILES string of the molecule is CCCCC(CC)C(O)Cc1cccs1. The second-order valence-corrected chi connectivity index (χ2v) is 5.19. The van der Waals surface area contributed by atoms with Crippen molar-refractivity contribution in [1.82, 2.24) is 0 Å². The average molecular weight is 226 g/mol. The van der Waals surface area contributed by atoms with Crippen molar-refractivity contribution in [2.75, 3.05) is 0 Å². The molecule has 1 aromatic heterocycles. The van der Waals surface area contributed by atoms with Crippen LogP contribution in [0.1, 0.15) is 44.4 Å². The first-order valence-corrected chi connectivity index (χ1v) is 6.86. The third-order valence-electron chi connectivity index (χ3n) is 2.99. The molecule has 0 bridgehead atoms. The molecule has 0 aliphatic carbocycles. The summed E-state index contributed by atoms with van der Waals surface area (Å²) < 4.78 is 0. The largest absolute Gasteiger partial charge is 0.392 e. The van der Waals surface area contributed by atoms with Crippen molar-refractivity contribution in [3.8, 4) is 0 Å². The molecule has 0 saturated carbocycles. The van der Waals surface area contributed by atoms with Gasteiger partial charge >= 0.3 is 0 Å². The topological polar surface area (TPSA) is 20.2 Å². The lowest BCUT2D eigenvalue weighted by molar-refractivity contribution is 0.0995. The maximum Gasteiger partial charge on any atom is 0.0616 e. The van der Waals surface area contributed by atoms with Crippen LogP contribution in [0, 0.1) is 5.92 Å². The molecule has 0 aliphatic heterocycles. The van der Waals surface area contributed by atoms with E-state index >= 15 is 0 Å². The summed E-state index contributed by atoms with van der Waals surface area (Å²) in [6.07, 6.45) is 5.40. The Morgan fingerprint density at radius 3 is 2.73 bits per heavy atom. The van der Waals surface area contributed by atoms with Crippen molar-refractivity contribution in [2.24, 2.45) is 5.92 Å². The van der Waals surface area contributed by atoms with Crippen LogP contribution in [0.2, 0.25) is 0 Å². The fraction of sp³-hybridized carbons (Fsp3) is 0.692. The van der Waals surface area contributed by atoms with Gasteiger partial charge in [-0.2, -0.15) is 0 Å². The minimum Gasteiger partial charge on any atom is -0.392 e. The molecule has 0 amide bonds. The lowest BCUT2D eigenvalue weighted by atomic mass is 9.91. The molecule has 2 unspecified atom stereocenters. The molecule has 0 aromatic carbocycles. The molecule has 15 heavy (non-hydrogen) atoms. The van der Waals surface area contributed by atoms with Gasteiger partial charge in [0.1, 0.15) is 0 Å². The van der Waals surface area contributed by atoms with Gasteiger partial charge in [0.05, 0.1) is 6.10 Å². The van der Waals surface area contributed by atoms with Gasteiger partial charge in [0, 0.05) is 11.3 Å². The fourth-order valence-corrected chi connectivity index (χ4v) is 2.69. The molecule has 0 spiro atoms. The molecule has 1 N–H and O–H groups in total. The summed E-state index contributed by atoms with van der Waals surface area (Å²) in [6, 6.07) is 4.17. The number of hydrogen-bond acceptors (Lipinski definition) is 2. The van der Waals surface area contributed by atoms with E-state index in [0.717, 1.165) is 12.8 Å². The highest BCUT2D eigenvalue weighted by atomic mass is 32.1. The predicted octanol–water partition coefficient (Wildman–Crippen LogP) is 3.87. The molecule has 86 valence electrons. The molecule has 2 heteroatoms. The van der Waals surface area contributed by atoms with E-state index in [-0.39, 0.29) is 6.10 Å². The highest BCUT2D eigenvalue weighted by Crippen LogP contribution is 2.21. The van der Waals surface area contributed by atoms with Crippen molar-refractivity contribution in [1.29, 1.82) is 0 Å². The van der Waals surface area contributed by atoms with E-state index in [9.17, 15) is 5.11 Å². The quantitative estimate of drug-likeness (QED) is 0.748. The lowest BCUT2D eigenvalue weighted by Crippen LogP contribution is -2.22. The Kier molecular flexibility index (Phi) is 5.96. The molecule has 0 saturated heterocycles. The summed E-state index contributed by atoms with van der Waals surface area (Å²) in [5.41, 5.74) is 0. The number of aliphatic hydroxyl groups excluding tert-OH is 1. The first-order valence-electron chi connectivity index (χ1n) is 5.98. The van der Waals surface area contributed by atoms with Gasteiger partial charge in [-0.3, -0.25) is 0 Å². The van der Waals surface area contributed by atoms with Gasteiger partial charge in [0.25, 0.3) is 0 Å². The third-order valence-corrected chi connectivity index (χ3v) is 3.89. The molecule has 1 rings (SSSR count). The Bertz CT molecular complexity index is 243. The van der Waals surface area contributed by atoms with Gasteiger partial charge in [-0.1, -0.05) is 39.2 Å². The molecular formula is C13H22OS. The van der Waals surface area contributed by atoms with Gasteiger partial charge < -0.3 is 5.11 Å². The Labute approximate surface area is 97.2 Å². The van der Waals surface area contributed by atoms with Gasteiger partial charge in [-0.15, -0.1) is 11.3 Å². The Morgan fingerprint density at radius 1 is 1.40 bits per heavy atom. The van der Waals surface area contributed by atoms with E-state index in [0.29, 0.717) is 5.92 Å². The van der Waals surface area contributed by atoms with Crippen LogP contribution in [0.25, 0.3) is 0 Å². The van der Waals surface area contributed by atoms with Crippen LogP contribution in [0.15, 0.2) is 17.5 Å². The van der Waals surface area contributed by atoms with Crippen molar-refractivity contribution in [3.05, 3.63) is 22.4 Å². The highest BCUT2D eigenvalue weighted by molar-refractivity contribution is 7.09.